The van der Waals surface area contributed by atoms with Crippen molar-refractivity contribution in [3.05, 3.63) is 5.82 Å². The number of piperidine rings is 1. The molecule has 1 saturated heterocycles. The van der Waals surface area contributed by atoms with Crippen LogP contribution in [0.5, 0.6) is 0 Å². The average Bonchev–Trinajstić information content (AvgIpc) is 2.71. The normalized spacial score (nSPS) is 22.4. The number of carbonyl (C=O) groups excluding carboxylic acids is 1. The Labute approximate surface area is 85.6 Å². The summed E-state index contributed by atoms with van der Waals surface area (Å²) in [5, 5.41) is 13.3. The summed E-state index contributed by atoms with van der Waals surface area (Å²) in [7, 11) is 0. The van der Waals surface area contributed by atoms with Crippen LogP contribution in [0.2, 0.25) is 0 Å². The first kappa shape index (κ1) is 9.39. The maximum Gasteiger partial charge on any atom is 0.316 e. The Bertz CT molecular complexity index is 314. The van der Waals surface area contributed by atoms with Gasteiger partial charge in [0.25, 0.3) is 0 Å². The molecule has 76 valence electrons. The van der Waals surface area contributed by atoms with Gasteiger partial charge in [0, 0.05) is 19.0 Å². The van der Waals surface area contributed by atoms with E-state index in [2.05, 4.69) is 20.6 Å². The van der Waals surface area contributed by atoms with Crippen LogP contribution in [0.25, 0.3) is 0 Å². The average molecular weight is 216 g/mol. The zero-order chi connectivity index (χ0) is 9.97. The molecule has 0 aliphatic carbocycles. The summed E-state index contributed by atoms with van der Waals surface area (Å²) in [4.78, 5) is 12.5. The molecular formula is C7H10ClN5O. The Balaban J connectivity index is 2.04. The number of nitrogens with one attached hydrogen (secondary N) is 1. The van der Waals surface area contributed by atoms with Crippen LogP contribution in [0.3, 0.4) is 0 Å². The molecule has 1 N–H and O–H groups in total. The molecule has 1 atom stereocenters. The Morgan fingerprint density at radius 2 is 2.50 bits per heavy atom. The van der Waals surface area contributed by atoms with E-state index < -0.39 is 5.37 Å². The zero-order valence-electron chi connectivity index (χ0n) is 7.48. The first-order chi connectivity index (χ1) is 6.77. The molecule has 2 rings (SSSR count). The first-order valence-corrected chi connectivity index (χ1v) is 4.83. The van der Waals surface area contributed by atoms with E-state index in [1.807, 2.05) is 0 Å². The molecule has 1 aromatic rings. The molecule has 7 heteroatoms. The largest absolute Gasteiger partial charge is 0.328 e. The molecule has 2 heterocycles. The van der Waals surface area contributed by atoms with Gasteiger partial charge in [-0.05, 0) is 24.4 Å². The summed E-state index contributed by atoms with van der Waals surface area (Å²) in [6.07, 6.45) is 1.90. The molecule has 0 bridgehead atoms. The molecule has 14 heavy (non-hydrogen) atoms. The third-order valence-electron chi connectivity index (χ3n) is 2.40. The quantitative estimate of drug-likeness (QED) is 0.554. The van der Waals surface area contributed by atoms with Crippen molar-refractivity contribution >= 4 is 17.0 Å². The molecule has 1 aliphatic rings. The molecule has 0 saturated carbocycles. The third-order valence-corrected chi connectivity index (χ3v) is 2.64. The maximum absolute atomic E-state index is 10.9. The van der Waals surface area contributed by atoms with Gasteiger partial charge in [0.05, 0.1) is 0 Å². The number of hydrogen-bond acceptors (Lipinski definition) is 4. The third kappa shape index (κ3) is 1.84. The van der Waals surface area contributed by atoms with E-state index in [0.29, 0.717) is 12.4 Å². The molecule has 1 unspecified atom stereocenters. The van der Waals surface area contributed by atoms with Crippen molar-refractivity contribution in [2.75, 3.05) is 13.1 Å². The number of amides is 1. The van der Waals surface area contributed by atoms with Gasteiger partial charge in [-0.2, -0.15) is 5.21 Å². The summed E-state index contributed by atoms with van der Waals surface area (Å²) in [6.45, 7) is 1.30. The topological polar surface area (TPSA) is 74.8 Å². The number of halogens is 1. The van der Waals surface area contributed by atoms with Gasteiger partial charge in [0.2, 0.25) is 0 Å². The second-order valence-corrected chi connectivity index (χ2v) is 3.63. The van der Waals surface area contributed by atoms with Crippen LogP contribution in [0, 0.1) is 0 Å². The molecule has 0 radical (unpaired) electrons. The zero-order valence-corrected chi connectivity index (χ0v) is 8.24. The van der Waals surface area contributed by atoms with E-state index >= 15 is 0 Å². The molecular weight excluding hydrogens is 206 g/mol. The number of tetrazole rings is 1. The second-order valence-electron chi connectivity index (χ2n) is 3.31. The van der Waals surface area contributed by atoms with Gasteiger partial charge in [-0.3, -0.25) is 4.79 Å². The lowest BCUT2D eigenvalue weighted by Gasteiger charge is -2.29. The van der Waals surface area contributed by atoms with Crippen LogP contribution in [-0.2, 0) is 0 Å². The SMILES string of the molecule is O=C(Cl)N1CCCC(c2nn[nH]n2)C1. The minimum absolute atomic E-state index is 0.158. The number of aromatic nitrogens is 4. The van der Waals surface area contributed by atoms with Crippen LogP contribution < -0.4 is 0 Å². The first-order valence-electron chi connectivity index (χ1n) is 4.45. The predicted molar refractivity (Wildman–Crippen MR) is 49.0 cm³/mol. The standard InChI is InChI=1S/C7H10ClN5O/c8-7(14)13-3-1-2-5(4-13)6-9-11-12-10-6/h5H,1-4H2,(H,9,10,11,12). The second kappa shape index (κ2) is 3.91. The fourth-order valence-corrected chi connectivity index (χ4v) is 1.84. The van der Waals surface area contributed by atoms with Crippen molar-refractivity contribution < 1.29 is 4.79 Å². The van der Waals surface area contributed by atoms with Gasteiger partial charge in [0.15, 0.2) is 5.82 Å². The predicted octanol–water partition coefficient (Wildman–Crippen LogP) is 0.738. The number of likely N-dealkylation sites (tertiary alicyclic amines) is 1. The minimum atomic E-state index is -0.404. The summed E-state index contributed by atoms with van der Waals surface area (Å²) in [6, 6.07) is 0. The van der Waals surface area contributed by atoms with E-state index in [0.717, 1.165) is 19.4 Å². The molecule has 0 aromatic carbocycles. The lowest BCUT2D eigenvalue weighted by Crippen LogP contribution is -2.36. The Hall–Kier alpha value is -1.17. The van der Waals surface area contributed by atoms with E-state index in [1.165, 1.54) is 0 Å². The van der Waals surface area contributed by atoms with Crippen molar-refractivity contribution in [2.24, 2.45) is 0 Å². The number of nitrogens with zero attached hydrogens (tertiary/aromatic N) is 4. The number of H-pyrrole nitrogens is 1. The number of rotatable bonds is 1. The molecule has 1 amide bonds. The van der Waals surface area contributed by atoms with Crippen molar-refractivity contribution in [3.8, 4) is 0 Å². The lowest BCUT2D eigenvalue weighted by molar-refractivity contribution is 0.201. The van der Waals surface area contributed by atoms with Crippen LogP contribution in [0.15, 0.2) is 0 Å². The molecule has 1 aromatic heterocycles. The van der Waals surface area contributed by atoms with E-state index in [4.69, 9.17) is 11.6 Å². The van der Waals surface area contributed by atoms with Crippen molar-refractivity contribution in [1.82, 2.24) is 25.5 Å². The molecule has 0 spiro atoms. The summed E-state index contributed by atoms with van der Waals surface area (Å²) >= 11 is 5.41. The van der Waals surface area contributed by atoms with Gasteiger partial charge in [-0.1, -0.05) is 5.21 Å². The summed E-state index contributed by atoms with van der Waals surface area (Å²) in [5.74, 6) is 0.817. The van der Waals surface area contributed by atoms with Gasteiger partial charge >= 0.3 is 5.37 Å². The fraction of sp³-hybridized carbons (Fsp3) is 0.714. The molecule has 1 aliphatic heterocycles. The summed E-state index contributed by atoms with van der Waals surface area (Å²) < 4.78 is 0. The van der Waals surface area contributed by atoms with Crippen LogP contribution >= 0.6 is 11.6 Å². The van der Waals surface area contributed by atoms with Gasteiger partial charge in [0.1, 0.15) is 0 Å². The van der Waals surface area contributed by atoms with Crippen LogP contribution in [0.1, 0.15) is 24.6 Å². The van der Waals surface area contributed by atoms with Crippen molar-refractivity contribution in [2.45, 2.75) is 18.8 Å². The fourth-order valence-electron chi connectivity index (χ4n) is 1.69. The highest BCUT2D eigenvalue weighted by molar-refractivity contribution is 6.62. The van der Waals surface area contributed by atoms with Gasteiger partial charge in [-0.25, -0.2) is 0 Å². The van der Waals surface area contributed by atoms with E-state index in [1.54, 1.807) is 4.90 Å². The summed E-state index contributed by atoms with van der Waals surface area (Å²) in [5.41, 5.74) is 0. The van der Waals surface area contributed by atoms with E-state index in [9.17, 15) is 4.79 Å². The van der Waals surface area contributed by atoms with Crippen molar-refractivity contribution in [1.29, 1.82) is 0 Å². The van der Waals surface area contributed by atoms with Crippen molar-refractivity contribution in [3.63, 3.8) is 0 Å². The Morgan fingerprint density at radius 3 is 3.14 bits per heavy atom. The molecule has 6 nitrogen and oxygen atoms in total. The number of hydrogen-bond donors (Lipinski definition) is 1. The smallest absolute Gasteiger partial charge is 0.316 e. The Kier molecular flexibility index (Phi) is 2.62. The number of carbonyl (C=O) groups is 1. The highest BCUT2D eigenvalue weighted by atomic mass is 35.5. The highest BCUT2D eigenvalue weighted by Gasteiger charge is 2.26. The molecule has 1 fully saturated rings. The van der Waals surface area contributed by atoms with Crippen LogP contribution in [-0.4, -0.2) is 44.0 Å². The Morgan fingerprint density at radius 1 is 1.64 bits per heavy atom. The monoisotopic (exact) mass is 215 g/mol. The van der Waals surface area contributed by atoms with Gasteiger partial charge in [-0.15, -0.1) is 10.2 Å². The minimum Gasteiger partial charge on any atom is -0.328 e. The van der Waals surface area contributed by atoms with Crippen LogP contribution in [0.4, 0.5) is 4.79 Å². The van der Waals surface area contributed by atoms with E-state index in [-0.39, 0.29) is 5.92 Å². The van der Waals surface area contributed by atoms with Gasteiger partial charge < -0.3 is 4.90 Å². The lowest BCUT2D eigenvalue weighted by atomic mass is 9.98. The maximum atomic E-state index is 10.9. The highest BCUT2D eigenvalue weighted by Crippen LogP contribution is 2.24. The number of aromatic amines is 1.